The van der Waals surface area contributed by atoms with Crippen LogP contribution in [0.5, 0.6) is 0 Å². The summed E-state index contributed by atoms with van der Waals surface area (Å²) in [7, 11) is 1.23. The molecule has 1 rings (SSSR count). The number of ether oxygens (including phenoxy) is 1. The molecule has 8 heteroatoms. The maximum atomic E-state index is 11.8. The fourth-order valence-electron chi connectivity index (χ4n) is 1.21. The lowest BCUT2D eigenvalue weighted by Gasteiger charge is -2.09. The van der Waals surface area contributed by atoms with Crippen molar-refractivity contribution in [2.75, 3.05) is 25.5 Å². The van der Waals surface area contributed by atoms with Crippen LogP contribution in [-0.2, 0) is 16.1 Å². The van der Waals surface area contributed by atoms with Crippen molar-refractivity contribution in [2.45, 2.75) is 13.0 Å². The molecule has 0 fully saturated rings. The van der Waals surface area contributed by atoms with E-state index in [0.29, 0.717) is 18.8 Å². The number of nitrogens with two attached hydrogens (primary N) is 1. The number of aromatic nitrogens is 2. The first kappa shape index (κ1) is 14.5. The second-order valence-electron chi connectivity index (χ2n) is 3.48. The Hall–Kier alpha value is -1.60. The first-order chi connectivity index (χ1) is 8.60. The van der Waals surface area contributed by atoms with Gasteiger partial charge >= 0.3 is 5.97 Å². The van der Waals surface area contributed by atoms with Crippen molar-refractivity contribution in [2.24, 2.45) is 5.73 Å². The Morgan fingerprint density at radius 2 is 2.39 bits per heavy atom. The van der Waals surface area contributed by atoms with E-state index in [0.717, 1.165) is 11.1 Å². The summed E-state index contributed by atoms with van der Waals surface area (Å²) in [6.07, 6.45) is 2.14. The lowest BCUT2D eigenvalue weighted by atomic mass is 10.4. The number of rotatable bonds is 6. The van der Waals surface area contributed by atoms with Crippen LogP contribution < -0.4 is 16.6 Å². The van der Waals surface area contributed by atoms with E-state index >= 15 is 0 Å². The smallest absolute Gasteiger partial charge is 0.327 e. The average molecular weight is 275 g/mol. The van der Waals surface area contributed by atoms with Gasteiger partial charge in [-0.05, 0) is 13.0 Å². The molecule has 1 aromatic heterocycles. The minimum atomic E-state index is -0.565. The number of nitrogens with zero attached hydrogens (tertiary/aromatic N) is 2. The van der Waals surface area contributed by atoms with Gasteiger partial charge in [0.25, 0.3) is 5.56 Å². The molecule has 3 N–H and O–H groups in total. The van der Waals surface area contributed by atoms with E-state index in [1.54, 1.807) is 0 Å². The van der Waals surface area contributed by atoms with E-state index in [9.17, 15) is 9.59 Å². The van der Waals surface area contributed by atoms with Gasteiger partial charge in [0.15, 0.2) is 0 Å². The fraction of sp³-hybridized carbons (Fsp3) is 0.500. The fourth-order valence-corrected chi connectivity index (χ4v) is 1.43. The third-order valence-corrected chi connectivity index (χ3v) is 2.55. The van der Waals surface area contributed by atoms with E-state index in [1.165, 1.54) is 13.3 Å². The van der Waals surface area contributed by atoms with Gasteiger partial charge in [0, 0.05) is 6.54 Å². The van der Waals surface area contributed by atoms with E-state index in [2.05, 4.69) is 15.2 Å². The van der Waals surface area contributed by atoms with Gasteiger partial charge < -0.3 is 15.8 Å². The molecule has 1 aromatic rings. The number of anilines is 1. The number of hydrogen-bond donors (Lipinski definition) is 2. The molecule has 0 aliphatic carbocycles. The highest BCUT2D eigenvalue weighted by molar-refractivity contribution is 6.32. The van der Waals surface area contributed by atoms with Gasteiger partial charge in [0.2, 0.25) is 0 Å². The number of nitrogens with one attached hydrogen (secondary N) is 1. The molecular weight excluding hydrogens is 260 g/mol. The highest BCUT2D eigenvalue weighted by Gasteiger charge is 2.11. The number of esters is 1. The molecule has 0 atom stereocenters. The quantitative estimate of drug-likeness (QED) is 0.552. The molecule has 100 valence electrons. The molecule has 0 radical (unpaired) electrons. The largest absolute Gasteiger partial charge is 0.468 e. The van der Waals surface area contributed by atoms with Gasteiger partial charge in [-0.15, -0.1) is 0 Å². The van der Waals surface area contributed by atoms with Gasteiger partial charge in [-0.2, -0.15) is 5.10 Å². The Balaban J connectivity index is 2.84. The van der Waals surface area contributed by atoms with Crippen molar-refractivity contribution in [1.29, 1.82) is 0 Å². The second kappa shape index (κ2) is 6.97. The minimum absolute atomic E-state index is 0.00840. The van der Waals surface area contributed by atoms with Crippen molar-refractivity contribution >= 4 is 23.3 Å². The van der Waals surface area contributed by atoms with Crippen molar-refractivity contribution in [3.8, 4) is 0 Å². The lowest BCUT2D eigenvalue weighted by Crippen LogP contribution is -2.28. The lowest BCUT2D eigenvalue weighted by molar-refractivity contribution is -0.141. The van der Waals surface area contributed by atoms with Crippen molar-refractivity contribution in [3.05, 3.63) is 21.6 Å². The molecule has 0 aromatic carbocycles. The summed E-state index contributed by atoms with van der Waals surface area (Å²) in [5, 5.41) is 6.77. The SMILES string of the molecule is COC(=O)Cn1ncc(NCCCN)c(Cl)c1=O. The molecule has 0 aliphatic rings. The third-order valence-electron chi connectivity index (χ3n) is 2.19. The zero-order valence-electron chi connectivity index (χ0n) is 9.98. The predicted molar refractivity (Wildman–Crippen MR) is 67.7 cm³/mol. The van der Waals surface area contributed by atoms with Crippen LogP contribution in [0.15, 0.2) is 11.0 Å². The molecular formula is C10H15ClN4O3. The zero-order valence-corrected chi connectivity index (χ0v) is 10.7. The molecule has 0 saturated heterocycles. The number of carbonyl (C=O) groups excluding carboxylic acids is 1. The third kappa shape index (κ3) is 3.71. The first-order valence-electron chi connectivity index (χ1n) is 5.36. The molecule has 0 amide bonds. The van der Waals surface area contributed by atoms with Crippen LogP contribution in [0.4, 0.5) is 5.69 Å². The van der Waals surface area contributed by atoms with Crippen LogP contribution in [0, 0.1) is 0 Å². The highest BCUT2D eigenvalue weighted by atomic mass is 35.5. The minimum Gasteiger partial charge on any atom is -0.468 e. The highest BCUT2D eigenvalue weighted by Crippen LogP contribution is 2.14. The molecule has 0 bridgehead atoms. The molecule has 0 aliphatic heterocycles. The monoisotopic (exact) mass is 274 g/mol. The van der Waals surface area contributed by atoms with Crippen LogP contribution >= 0.6 is 11.6 Å². The van der Waals surface area contributed by atoms with Gasteiger partial charge in [0.05, 0.1) is 19.0 Å². The summed E-state index contributed by atoms with van der Waals surface area (Å²) < 4.78 is 5.39. The van der Waals surface area contributed by atoms with Crippen LogP contribution in [0.25, 0.3) is 0 Å². The summed E-state index contributed by atoms with van der Waals surface area (Å²) in [5.74, 6) is -0.565. The van der Waals surface area contributed by atoms with Gasteiger partial charge in [-0.3, -0.25) is 9.59 Å². The first-order valence-corrected chi connectivity index (χ1v) is 5.74. The Morgan fingerprint density at radius 1 is 1.67 bits per heavy atom. The Morgan fingerprint density at radius 3 is 3.00 bits per heavy atom. The maximum absolute atomic E-state index is 11.8. The topological polar surface area (TPSA) is 99.2 Å². The summed E-state index contributed by atoms with van der Waals surface area (Å²) in [6, 6.07) is 0. The number of methoxy groups -OCH3 is 1. The van der Waals surface area contributed by atoms with E-state index in [-0.39, 0.29) is 11.6 Å². The molecule has 7 nitrogen and oxygen atoms in total. The average Bonchev–Trinajstić information content (AvgIpc) is 2.37. The van der Waals surface area contributed by atoms with Crippen LogP contribution in [0.3, 0.4) is 0 Å². The molecule has 1 heterocycles. The maximum Gasteiger partial charge on any atom is 0.327 e. The summed E-state index contributed by atoms with van der Waals surface area (Å²) in [6.45, 7) is 0.869. The van der Waals surface area contributed by atoms with E-state index in [4.69, 9.17) is 17.3 Å². The molecule has 18 heavy (non-hydrogen) atoms. The van der Waals surface area contributed by atoms with E-state index < -0.39 is 11.5 Å². The Kier molecular flexibility index (Phi) is 5.60. The number of halogens is 1. The van der Waals surface area contributed by atoms with E-state index in [1.807, 2.05) is 0 Å². The summed E-state index contributed by atoms with van der Waals surface area (Å²) in [5.41, 5.74) is 5.23. The van der Waals surface area contributed by atoms with Crippen LogP contribution in [0.2, 0.25) is 5.02 Å². The Labute approximate surface area is 109 Å². The van der Waals surface area contributed by atoms with Gasteiger partial charge in [-0.1, -0.05) is 11.6 Å². The van der Waals surface area contributed by atoms with Crippen LogP contribution in [-0.4, -0.2) is 35.9 Å². The summed E-state index contributed by atoms with van der Waals surface area (Å²) in [4.78, 5) is 22.8. The molecule has 0 spiro atoms. The number of hydrogen-bond acceptors (Lipinski definition) is 6. The van der Waals surface area contributed by atoms with Gasteiger partial charge in [0.1, 0.15) is 11.6 Å². The van der Waals surface area contributed by atoms with Crippen molar-refractivity contribution < 1.29 is 9.53 Å². The second-order valence-corrected chi connectivity index (χ2v) is 3.86. The predicted octanol–water partition coefficient (Wildman–Crippen LogP) is -0.170. The number of carbonyl (C=O) groups is 1. The molecule has 0 unspecified atom stereocenters. The van der Waals surface area contributed by atoms with Gasteiger partial charge in [-0.25, -0.2) is 4.68 Å². The van der Waals surface area contributed by atoms with Crippen LogP contribution in [0.1, 0.15) is 6.42 Å². The molecule has 0 saturated carbocycles. The normalized spacial score (nSPS) is 10.2. The Bertz CT molecular complexity index is 475. The standard InChI is InChI=1S/C10H15ClN4O3/c1-18-8(16)6-15-10(17)9(11)7(5-14-15)13-4-2-3-12/h5,13H,2-4,6,12H2,1H3. The van der Waals surface area contributed by atoms with Crippen molar-refractivity contribution in [3.63, 3.8) is 0 Å². The zero-order chi connectivity index (χ0) is 13.5. The summed E-state index contributed by atoms with van der Waals surface area (Å²) >= 11 is 5.88. The van der Waals surface area contributed by atoms with Crippen molar-refractivity contribution in [1.82, 2.24) is 9.78 Å².